The Kier molecular flexibility index (Phi) is 7.39. The topological polar surface area (TPSA) is 34.2 Å². The van der Waals surface area contributed by atoms with Crippen LogP contribution in [-0.2, 0) is 16.2 Å². The van der Waals surface area contributed by atoms with E-state index < -0.39 is 0 Å². The summed E-state index contributed by atoms with van der Waals surface area (Å²) < 4.78 is 10.7. The molecule has 6 heteroatoms. The molecule has 4 nitrogen and oxygen atoms in total. The molecule has 318 valence electrons. The van der Waals surface area contributed by atoms with Crippen LogP contribution in [0.15, 0.2) is 150 Å². The first-order valence-electron chi connectivity index (χ1n) is 23.4. The lowest BCUT2D eigenvalue weighted by Crippen LogP contribution is -2.60. The van der Waals surface area contributed by atoms with Crippen LogP contribution in [0.3, 0.4) is 0 Å². The van der Waals surface area contributed by atoms with E-state index in [2.05, 4.69) is 210 Å². The summed E-state index contributed by atoms with van der Waals surface area (Å²) in [4.78, 5) is 8.03. The number of thiazole rings is 1. The van der Waals surface area contributed by atoms with Gasteiger partial charge < -0.3 is 13.8 Å². The normalized spacial score (nSPS) is 14.7. The van der Waals surface area contributed by atoms with Gasteiger partial charge >= 0.3 is 6.85 Å². The van der Waals surface area contributed by atoms with E-state index in [0.29, 0.717) is 0 Å². The molecule has 5 heterocycles. The number of benzene rings is 8. The summed E-state index contributed by atoms with van der Waals surface area (Å²) >= 11 is 1.79. The monoisotopic (exact) mass is 869 g/mol. The summed E-state index contributed by atoms with van der Waals surface area (Å²) in [6.45, 7) is 18.3. The standard InChI is InChI=1S/C60H48BN3OS/c1-58(2,3)34-18-21-36(22-19-34)64-50-29-44-38-23-20-35(59(4,5)6)26-52(38)65-53(44)30-43(50)39-24-25-40-42-27-46-41(37-16-12-13-17-45(37)60(46,7)8)28-49(42)63-51-32-54-48(31-47(51)61(64)55(39)56(40)63)62-57(66-54)33-14-10-9-11-15-33/h9-32H,1-8H3. The van der Waals surface area contributed by atoms with Crippen molar-refractivity contribution in [1.82, 2.24) is 9.55 Å². The molecular weight excluding hydrogens is 822 g/mol. The Balaban J connectivity index is 1.12. The third kappa shape index (κ3) is 5.08. The second-order valence-electron chi connectivity index (χ2n) is 21.6. The van der Waals surface area contributed by atoms with E-state index in [1.54, 1.807) is 11.3 Å². The van der Waals surface area contributed by atoms with Gasteiger partial charge in [-0.15, -0.1) is 11.3 Å². The average Bonchev–Trinajstić information content (AvgIpc) is 4.04. The van der Waals surface area contributed by atoms with Crippen LogP contribution in [0.25, 0.3) is 92.5 Å². The summed E-state index contributed by atoms with van der Waals surface area (Å²) in [6, 6.07) is 55.3. The van der Waals surface area contributed by atoms with Crippen LogP contribution in [0, 0.1) is 0 Å². The van der Waals surface area contributed by atoms with Crippen molar-refractivity contribution < 1.29 is 4.42 Å². The van der Waals surface area contributed by atoms with E-state index in [-0.39, 0.29) is 23.1 Å². The van der Waals surface area contributed by atoms with Crippen LogP contribution < -0.4 is 15.7 Å². The highest BCUT2D eigenvalue weighted by atomic mass is 32.1. The van der Waals surface area contributed by atoms with Crippen LogP contribution >= 0.6 is 11.3 Å². The summed E-state index contributed by atoms with van der Waals surface area (Å²) in [7, 11) is 0. The summed E-state index contributed by atoms with van der Waals surface area (Å²) in [5.74, 6) is 0. The van der Waals surface area contributed by atoms with Crippen LogP contribution in [0.2, 0.25) is 0 Å². The smallest absolute Gasteiger partial charge is 0.333 e. The van der Waals surface area contributed by atoms with Gasteiger partial charge in [-0.25, -0.2) is 4.98 Å². The number of furan rings is 1. The zero-order valence-electron chi connectivity index (χ0n) is 38.6. The molecule has 0 unspecified atom stereocenters. The molecule has 14 rings (SSSR count). The fourth-order valence-electron chi connectivity index (χ4n) is 11.8. The molecule has 0 atom stereocenters. The van der Waals surface area contributed by atoms with E-state index in [0.717, 1.165) is 43.7 Å². The molecule has 3 aromatic heterocycles. The van der Waals surface area contributed by atoms with Gasteiger partial charge in [-0.05, 0) is 115 Å². The van der Waals surface area contributed by atoms with Crippen molar-refractivity contribution in [2.45, 2.75) is 71.6 Å². The van der Waals surface area contributed by atoms with Crippen LogP contribution in [0.5, 0.6) is 0 Å². The predicted octanol–water partition coefficient (Wildman–Crippen LogP) is 15.1. The van der Waals surface area contributed by atoms with Gasteiger partial charge in [0.05, 0.1) is 21.3 Å². The Morgan fingerprint density at radius 2 is 1.30 bits per heavy atom. The predicted molar refractivity (Wildman–Crippen MR) is 281 cm³/mol. The number of fused-ring (bicyclic) bond motifs is 15. The Morgan fingerprint density at radius 1 is 0.576 bits per heavy atom. The molecular formula is C60H48BN3OS. The molecule has 0 bridgehead atoms. The van der Waals surface area contributed by atoms with Crippen molar-refractivity contribution in [2.75, 3.05) is 4.81 Å². The SMILES string of the molecule is CC(C)(C)c1ccc(N2B3c4cc5nc(-c6ccccc6)sc5cc4-n4c5cc6c(cc5c5ccc(c3c54)-c3cc4oc5cc(C(C)(C)C)ccc5c4cc32)C(C)(C)c2ccccc2-6)cc1. The molecule has 0 fully saturated rings. The summed E-state index contributed by atoms with van der Waals surface area (Å²) in [6.07, 6.45) is 0. The minimum Gasteiger partial charge on any atom is -0.456 e. The van der Waals surface area contributed by atoms with Gasteiger partial charge in [0, 0.05) is 55.1 Å². The van der Waals surface area contributed by atoms with Gasteiger partial charge in [0.25, 0.3) is 0 Å². The van der Waals surface area contributed by atoms with Gasteiger partial charge in [-0.1, -0.05) is 146 Å². The van der Waals surface area contributed by atoms with Crippen molar-refractivity contribution in [3.05, 3.63) is 168 Å². The maximum absolute atomic E-state index is 6.87. The van der Waals surface area contributed by atoms with E-state index in [1.807, 2.05) is 0 Å². The van der Waals surface area contributed by atoms with Crippen LogP contribution in [0.1, 0.15) is 77.6 Å². The maximum Gasteiger partial charge on any atom is 0.333 e. The molecule has 1 aliphatic carbocycles. The number of hydrogen-bond donors (Lipinski definition) is 0. The lowest BCUT2D eigenvalue weighted by Gasteiger charge is -2.42. The lowest BCUT2D eigenvalue weighted by atomic mass is 9.44. The highest BCUT2D eigenvalue weighted by molar-refractivity contribution is 7.21. The molecule has 3 aliphatic rings. The highest BCUT2D eigenvalue weighted by Gasteiger charge is 2.45. The van der Waals surface area contributed by atoms with Gasteiger partial charge in [0.1, 0.15) is 16.2 Å². The first-order chi connectivity index (χ1) is 31.7. The molecule has 0 radical (unpaired) electrons. The first kappa shape index (κ1) is 38.4. The van der Waals surface area contributed by atoms with Crippen molar-refractivity contribution in [3.8, 4) is 38.5 Å². The second-order valence-corrected chi connectivity index (χ2v) is 22.6. The van der Waals surface area contributed by atoms with E-state index in [1.165, 1.54) is 93.3 Å². The highest BCUT2D eigenvalue weighted by Crippen LogP contribution is 2.53. The average molecular weight is 870 g/mol. The Morgan fingerprint density at radius 3 is 2.09 bits per heavy atom. The quantitative estimate of drug-likeness (QED) is 0.162. The van der Waals surface area contributed by atoms with Crippen molar-refractivity contribution in [3.63, 3.8) is 0 Å². The fourth-order valence-corrected chi connectivity index (χ4v) is 12.8. The largest absolute Gasteiger partial charge is 0.456 e. The van der Waals surface area contributed by atoms with Gasteiger partial charge in [0.2, 0.25) is 0 Å². The second kappa shape index (κ2) is 12.7. The van der Waals surface area contributed by atoms with Gasteiger partial charge in [-0.2, -0.15) is 0 Å². The molecule has 0 N–H and O–H groups in total. The van der Waals surface area contributed by atoms with Gasteiger partial charge in [0.15, 0.2) is 0 Å². The number of hydrogen-bond acceptors (Lipinski definition) is 4. The zero-order valence-corrected chi connectivity index (χ0v) is 39.4. The van der Waals surface area contributed by atoms with Gasteiger partial charge in [-0.3, -0.25) is 0 Å². The molecule has 0 spiro atoms. The van der Waals surface area contributed by atoms with Crippen molar-refractivity contribution in [2.24, 2.45) is 0 Å². The number of aromatic nitrogens is 2. The summed E-state index contributed by atoms with van der Waals surface area (Å²) in [5.41, 5.74) is 23.1. The van der Waals surface area contributed by atoms with Crippen LogP contribution in [0.4, 0.5) is 11.4 Å². The van der Waals surface area contributed by atoms with Crippen LogP contribution in [-0.4, -0.2) is 16.4 Å². The molecule has 0 amide bonds. The number of rotatable bonds is 2. The fraction of sp³-hybridized carbons (Fsp3) is 0.183. The minimum atomic E-state index is -0.137. The Hall–Kier alpha value is -6.89. The third-order valence-electron chi connectivity index (χ3n) is 15.3. The molecule has 0 saturated carbocycles. The number of anilines is 2. The van der Waals surface area contributed by atoms with E-state index >= 15 is 0 Å². The first-order valence-corrected chi connectivity index (χ1v) is 24.2. The summed E-state index contributed by atoms with van der Waals surface area (Å²) in [5, 5.41) is 5.90. The van der Waals surface area contributed by atoms with E-state index in [4.69, 9.17) is 9.40 Å². The Labute approximate surface area is 389 Å². The maximum atomic E-state index is 6.87. The zero-order chi connectivity index (χ0) is 44.8. The Bertz CT molecular complexity index is 3930. The van der Waals surface area contributed by atoms with Crippen molar-refractivity contribution >= 4 is 94.4 Å². The third-order valence-corrected chi connectivity index (χ3v) is 16.4. The molecule has 11 aromatic rings. The van der Waals surface area contributed by atoms with E-state index in [9.17, 15) is 0 Å². The number of nitrogens with zero attached hydrogens (tertiary/aromatic N) is 3. The lowest BCUT2D eigenvalue weighted by molar-refractivity contribution is 0.587. The minimum absolute atomic E-state index is 0.00489. The molecule has 2 aliphatic heterocycles. The molecule has 66 heavy (non-hydrogen) atoms. The molecule has 8 aromatic carbocycles. The van der Waals surface area contributed by atoms with Crippen molar-refractivity contribution in [1.29, 1.82) is 0 Å². The molecule has 0 saturated heterocycles.